The number of aromatic nitrogens is 1. The van der Waals surface area contributed by atoms with Gasteiger partial charge < -0.3 is 9.47 Å². The summed E-state index contributed by atoms with van der Waals surface area (Å²) in [6.07, 6.45) is 0. The molecule has 11 aromatic rings. The smallest absolute Gasteiger partial charge is 0.0541 e. The van der Waals surface area contributed by atoms with E-state index < -0.39 is 0 Å². The summed E-state index contributed by atoms with van der Waals surface area (Å²) in [6.45, 7) is 0. The molecule has 2 nitrogen and oxygen atoms in total. The number of fused-ring (bicyclic) bond motifs is 7. The van der Waals surface area contributed by atoms with E-state index in [1.54, 1.807) is 0 Å². The maximum atomic E-state index is 2.41. The number of rotatable bonds is 6. The Balaban J connectivity index is 1.11. The largest absolute Gasteiger partial charge is 0.310 e. The minimum Gasteiger partial charge on any atom is -0.310 e. The van der Waals surface area contributed by atoms with Gasteiger partial charge in [-0.25, -0.2) is 0 Å². The van der Waals surface area contributed by atoms with Crippen molar-refractivity contribution in [2.24, 2.45) is 0 Å². The van der Waals surface area contributed by atoms with Gasteiger partial charge in [-0.3, -0.25) is 0 Å². The van der Waals surface area contributed by atoms with Crippen LogP contribution >= 0.6 is 11.3 Å². The van der Waals surface area contributed by atoms with E-state index in [2.05, 4.69) is 216 Å². The van der Waals surface area contributed by atoms with E-state index in [1.807, 2.05) is 11.3 Å². The van der Waals surface area contributed by atoms with Gasteiger partial charge in [0.25, 0.3) is 0 Å². The number of para-hydroxylation sites is 3. The van der Waals surface area contributed by atoms with Gasteiger partial charge in [-0.1, -0.05) is 140 Å². The van der Waals surface area contributed by atoms with E-state index >= 15 is 0 Å². The molecule has 0 fully saturated rings. The van der Waals surface area contributed by atoms with Gasteiger partial charge in [-0.15, -0.1) is 11.3 Å². The van der Waals surface area contributed by atoms with Crippen LogP contribution in [0.4, 0.5) is 17.1 Å². The average Bonchev–Trinajstić information content (AvgIpc) is 3.80. The lowest BCUT2D eigenvalue weighted by molar-refractivity contribution is 1.18. The van der Waals surface area contributed by atoms with Crippen LogP contribution in [0.25, 0.3) is 80.7 Å². The van der Waals surface area contributed by atoms with Crippen molar-refractivity contribution in [2.75, 3.05) is 4.90 Å². The molecule has 2 heterocycles. The molecule has 0 aliphatic rings. The number of anilines is 3. The van der Waals surface area contributed by atoms with Gasteiger partial charge in [0.1, 0.15) is 0 Å². The molecule has 55 heavy (non-hydrogen) atoms. The van der Waals surface area contributed by atoms with Crippen LogP contribution < -0.4 is 4.90 Å². The molecular formula is C52H34N2S. The molecule has 0 radical (unpaired) electrons. The Kier molecular flexibility index (Phi) is 7.39. The lowest BCUT2D eigenvalue weighted by Crippen LogP contribution is -2.10. The summed E-state index contributed by atoms with van der Waals surface area (Å²) >= 11 is 1.88. The second-order valence-electron chi connectivity index (χ2n) is 14.1. The maximum Gasteiger partial charge on any atom is 0.0541 e. The van der Waals surface area contributed by atoms with Gasteiger partial charge in [0.05, 0.1) is 11.0 Å². The molecule has 258 valence electrons. The molecule has 0 unspecified atom stereocenters. The van der Waals surface area contributed by atoms with Crippen LogP contribution in [-0.2, 0) is 0 Å². The molecule has 11 rings (SSSR count). The van der Waals surface area contributed by atoms with Crippen LogP contribution in [0.3, 0.4) is 0 Å². The fourth-order valence-electron chi connectivity index (χ4n) is 8.46. The first kappa shape index (κ1) is 31.6. The maximum absolute atomic E-state index is 2.41. The van der Waals surface area contributed by atoms with Crippen molar-refractivity contribution in [2.45, 2.75) is 0 Å². The van der Waals surface area contributed by atoms with Crippen LogP contribution in [-0.4, -0.2) is 4.57 Å². The van der Waals surface area contributed by atoms with Crippen molar-refractivity contribution in [1.82, 2.24) is 4.57 Å². The highest BCUT2D eigenvalue weighted by atomic mass is 32.1. The Morgan fingerprint density at radius 3 is 1.76 bits per heavy atom. The monoisotopic (exact) mass is 718 g/mol. The van der Waals surface area contributed by atoms with Crippen molar-refractivity contribution in [3.05, 3.63) is 206 Å². The van der Waals surface area contributed by atoms with Gasteiger partial charge >= 0.3 is 0 Å². The Hall–Kier alpha value is -6.94. The van der Waals surface area contributed by atoms with Crippen molar-refractivity contribution < 1.29 is 0 Å². The molecule has 0 bridgehead atoms. The SMILES string of the molecule is c1ccc(N(c2cccc(-c3cccc4ccccc34)c2)c2cc(-c3ccc(-n4c5ccccc5c5ccccc54)cc3)c3sc4ccccc4c3c2)cc1. The Labute approximate surface area is 323 Å². The number of nitrogens with zero attached hydrogens (tertiary/aromatic N) is 2. The van der Waals surface area contributed by atoms with Crippen LogP contribution in [0.2, 0.25) is 0 Å². The van der Waals surface area contributed by atoms with Crippen LogP contribution in [0.1, 0.15) is 0 Å². The molecule has 0 aliphatic carbocycles. The molecule has 0 N–H and O–H groups in total. The summed E-state index contributed by atoms with van der Waals surface area (Å²) < 4.78 is 4.98. The van der Waals surface area contributed by atoms with Gasteiger partial charge in [0, 0.05) is 59.3 Å². The Morgan fingerprint density at radius 2 is 0.982 bits per heavy atom. The van der Waals surface area contributed by atoms with Gasteiger partial charge in [-0.2, -0.15) is 0 Å². The van der Waals surface area contributed by atoms with Gasteiger partial charge in [0.2, 0.25) is 0 Å². The predicted molar refractivity (Wildman–Crippen MR) is 237 cm³/mol. The average molecular weight is 719 g/mol. The molecule has 3 heteroatoms. The Morgan fingerprint density at radius 1 is 0.364 bits per heavy atom. The molecule has 0 saturated heterocycles. The van der Waals surface area contributed by atoms with Gasteiger partial charge in [0.15, 0.2) is 0 Å². The third-order valence-electron chi connectivity index (χ3n) is 11.0. The zero-order chi connectivity index (χ0) is 36.3. The third-order valence-corrected chi connectivity index (χ3v) is 12.2. The number of benzene rings is 9. The minimum absolute atomic E-state index is 1.11. The lowest BCUT2D eigenvalue weighted by atomic mass is 9.97. The predicted octanol–water partition coefficient (Wildman–Crippen LogP) is 15.1. The van der Waals surface area contributed by atoms with Crippen molar-refractivity contribution in [3.8, 4) is 27.9 Å². The second kappa shape index (κ2) is 12.9. The summed E-state index contributed by atoms with van der Waals surface area (Å²) in [4.78, 5) is 2.41. The lowest BCUT2D eigenvalue weighted by Gasteiger charge is -2.27. The first-order valence-electron chi connectivity index (χ1n) is 18.8. The van der Waals surface area contributed by atoms with E-state index in [0.717, 1.165) is 22.7 Å². The summed E-state index contributed by atoms with van der Waals surface area (Å²) in [5.41, 5.74) is 11.8. The fraction of sp³-hybridized carbons (Fsp3) is 0. The second-order valence-corrected chi connectivity index (χ2v) is 15.2. The van der Waals surface area contributed by atoms with E-state index in [9.17, 15) is 0 Å². The molecule has 2 aromatic heterocycles. The zero-order valence-corrected chi connectivity index (χ0v) is 30.7. The normalized spacial score (nSPS) is 11.6. The van der Waals surface area contributed by atoms with E-state index in [1.165, 1.54) is 75.0 Å². The van der Waals surface area contributed by atoms with Crippen LogP contribution in [0.5, 0.6) is 0 Å². The van der Waals surface area contributed by atoms with Crippen LogP contribution in [0.15, 0.2) is 206 Å². The highest BCUT2D eigenvalue weighted by molar-refractivity contribution is 7.26. The molecule has 9 aromatic carbocycles. The highest BCUT2D eigenvalue weighted by Crippen LogP contribution is 2.46. The molecule has 0 spiro atoms. The van der Waals surface area contributed by atoms with Crippen LogP contribution in [0, 0.1) is 0 Å². The number of hydrogen-bond donors (Lipinski definition) is 0. The van der Waals surface area contributed by atoms with Crippen molar-refractivity contribution in [3.63, 3.8) is 0 Å². The number of thiophene rings is 1. The third kappa shape index (κ3) is 5.24. The molecule has 0 aliphatic heterocycles. The zero-order valence-electron chi connectivity index (χ0n) is 29.9. The highest BCUT2D eigenvalue weighted by Gasteiger charge is 2.20. The minimum atomic E-state index is 1.11. The molecule has 0 saturated carbocycles. The van der Waals surface area contributed by atoms with E-state index in [4.69, 9.17) is 0 Å². The fourth-order valence-corrected chi connectivity index (χ4v) is 9.68. The molecule has 0 atom stereocenters. The van der Waals surface area contributed by atoms with E-state index in [0.29, 0.717) is 0 Å². The molecular weight excluding hydrogens is 685 g/mol. The summed E-state index contributed by atoms with van der Waals surface area (Å²) in [5.74, 6) is 0. The number of hydrogen-bond acceptors (Lipinski definition) is 2. The molecule has 0 amide bonds. The summed E-state index contributed by atoms with van der Waals surface area (Å²) in [5, 5.41) is 7.59. The standard InChI is InChI=1S/C52H34N2S/c1-2-17-38(18-3-1)53(40-19-12-16-37(32-40)43-24-13-15-35-14-4-5-20-42(35)43)41-33-47(52-48(34-41)46-23-8-11-27-51(46)55-52)36-28-30-39(31-29-36)54-49-25-9-6-21-44(49)45-22-7-10-26-50(45)54/h1-34H. The van der Waals surface area contributed by atoms with Crippen molar-refractivity contribution in [1.29, 1.82) is 0 Å². The summed E-state index contributed by atoms with van der Waals surface area (Å²) in [7, 11) is 0. The first-order chi connectivity index (χ1) is 27.3. The topological polar surface area (TPSA) is 8.17 Å². The van der Waals surface area contributed by atoms with Gasteiger partial charge in [-0.05, 0) is 94.2 Å². The van der Waals surface area contributed by atoms with Crippen molar-refractivity contribution >= 4 is 81.1 Å². The summed E-state index contributed by atoms with van der Waals surface area (Å²) in [6, 6.07) is 75.2. The van der Waals surface area contributed by atoms with E-state index in [-0.39, 0.29) is 0 Å². The Bertz CT molecular complexity index is 3150. The quantitative estimate of drug-likeness (QED) is 0.166. The first-order valence-corrected chi connectivity index (χ1v) is 19.6.